The van der Waals surface area contributed by atoms with Crippen molar-refractivity contribution in [2.45, 2.75) is 33.2 Å². The Morgan fingerprint density at radius 3 is 2.57 bits per heavy atom. The lowest BCUT2D eigenvalue weighted by atomic mass is 10.1. The van der Waals surface area contributed by atoms with Crippen LogP contribution in [0.15, 0.2) is 18.2 Å². The zero-order chi connectivity index (χ0) is 10.6. The first kappa shape index (κ1) is 11.1. The number of hydrogen-bond acceptors (Lipinski definition) is 2. The highest BCUT2D eigenvalue weighted by atomic mass is 14.9. The molecule has 0 aliphatic heterocycles. The molecule has 0 aliphatic carbocycles. The minimum absolute atomic E-state index is 0.247. The van der Waals surface area contributed by atoms with Crippen molar-refractivity contribution in [3.63, 3.8) is 0 Å². The Labute approximate surface area is 86.5 Å². The first-order valence-electron chi connectivity index (χ1n) is 5.20. The summed E-state index contributed by atoms with van der Waals surface area (Å²) in [7, 11) is 0. The highest BCUT2D eigenvalue weighted by Crippen LogP contribution is 2.13. The maximum Gasteiger partial charge on any atom is 0.0343 e. The largest absolute Gasteiger partial charge is 0.383 e. The molecule has 2 heteroatoms. The van der Waals surface area contributed by atoms with Crippen LogP contribution in [0.2, 0.25) is 0 Å². The highest BCUT2D eigenvalue weighted by Gasteiger charge is 1.99. The fourth-order valence-electron chi connectivity index (χ4n) is 1.24. The van der Waals surface area contributed by atoms with E-state index in [-0.39, 0.29) is 6.04 Å². The molecule has 0 fully saturated rings. The van der Waals surface area contributed by atoms with E-state index in [0.717, 1.165) is 18.7 Å². The number of anilines is 1. The van der Waals surface area contributed by atoms with Crippen LogP contribution in [0.3, 0.4) is 0 Å². The van der Waals surface area contributed by atoms with Gasteiger partial charge in [-0.15, -0.1) is 0 Å². The van der Waals surface area contributed by atoms with Gasteiger partial charge < -0.3 is 11.1 Å². The van der Waals surface area contributed by atoms with Crippen LogP contribution in [0.5, 0.6) is 0 Å². The summed E-state index contributed by atoms with van der Waals surface area (Å²) in [5.74, 6) is 0. The van der Waals surface area contributed by atoms with Crippen LogP contribution in [0.4, 0.5) is 5.69 Å². The molecule has 1 atom stereocenters. The molecule has 0 spiro atoms. The van der Waals surface area contributed by atoms with Crippen molar-refractivity contribution in [1.29, 1.82) is 0 Å². The van der Waals surface area contributed by atoms with Gasteiger partial charge in [0.1, 0.15) is 0 Å². The van der Waals surface area contributed by atoms with E-state index in [1.807, 2.05) is 0 Å². The van der Waals surface area contributed by atoms with Crippen LogP contribution in [0.1, 0.15) is 24.5 Å². The van der Waals surface area contributed by atoms with Gasteiger partial charge in [-0.1, -0.05) is 13.0 Å². The summed E-state index contributed by atoms with van der Waals surface area (Å²) in [6.45, 7) is 7.20. The Bertz CT molecular complexity index is 294. The molecule has 1 aromatic carbocycles. The van der Waals surface area contributed by atoms with E-state index in [4.69, 9.17) is 5.73 Å². The average Bonchev–Trinajstić information content (AvgIpc) is 2.19. The molecule has 2 nitrogen and oxygen atoms in total. The van der Waals surface area contributed by atoms with Gasteiger partial charge in [0.25, 0.3) is 0 Å². The van der Waals surface area contributed by atoms with Crippen LogP contribution in [-0.4, -0.2) is 12.6 Å². The summed E-state index contributed by atoms with van der Waals surface area (Å²) in [6.07, 6.45) is 1.01. The van der Waals surface area contributed by atoms with Gasteiger partial charge in [-0.25, -0.2) is 0 Å². The molecule has 0 saturated carbocycles. The Hall–Kier alpha value is -1.02. The Morgan fingerprint density at radius 2 is 2.00 bits per heavy atom. The summed E-state index contributed by atoms with van der Waals surface area (Å²) in [6, 6.07) is 6.65. The van der Waals surface area contributed by atoms with E-state index < -0.39 is 0 Å². The number of benzene rings is 1. The lowest BCUT2D eigenvalue weighted by Crippen LogP contribution is -2.27. The van der Waals surface area contributed by atoms with Crippen LogP contribution >= 0.6 is 0 Å². The molecule has 0 aromatic heterocycles. The molecule has 0 amide bonds. The van der Waals surface area contributed by atoms with Crippen molar-refractivity contribution in [2.75, 3.05) is 11.9 Å². The van der Waals surface area contributed by atoms with E-state index in [9.17, 15) is 0 Å². The molecule has 1 aromatic rings. The smallest absolute Gasteiger partial charge is 0.0343 e. The van der Waals surface area contributed by atoms with Crippen molar-refractivity contribution in [3.8, 4) is 0 Å². The minimum Gasteiger partial charge on any atom is -0.383 e. The molecule has 14 heavy (non-hydrogen) atoms. The first-order chi connectivity index (χ1) is 6.63. The fourth-order valence-corrected chi connectivity index (χ4v) is 1.24. The second-order valence-corrected chi connectivity index (χ2v) is 3.85. The number of nitrogens with two attached hydrogens (primary N) is 1. The van der Waals surface area contributed by atoms with E-state index >= 15 is 0 Å². The Morgan fingerprint density at radius 1 is 1.29 bits per heavy atom. The highest BCUT2D eigenvalue weighted by molar-refractivity contribution is 5.48. The van der Waals surface area contributed by atoms with Crippen LogP contribution in [0.25, 0.3) is 0 Å². The molecule has 1 rings (SSSR count). The SMILES string of the molecule is CCC(N)CNc1ccc(C)c(C)c1. The molecule has 0 bridgehead atoms. The Balaban J connectivity index is 2.55. The van der Waals surface area contributed by atoms with E-state index in [1.165, 1.54) is 11.1 Å². The third-order valence-electron chi connectivity index (χ3n) is 2.60. The summed E-state index contributed by atoms with van der Waals surface area (Å²) < 4.78 is 0. The molecule has 0 aliphatic rings. The van der Waals surface area contributed by atoms with E-state index in [0.29, 0.717) is 0 Å². The molecule has 0 saturated heterocycles. The molecule has 0 radical (unpaired) electrons. The third-order valence-corrected chi connectivity index (χ3v) is 2.60. The van der Waals surface area contributed by atoms with Crippen molar-refractivity contribution < 1.29 is 0 Å². The standard InChI is InChI=1S/C12H20N2/c1-4-11(13)8-14-12-6-5-9(2)10(3)7-12/h5-7,11,14H,4,8,13H2,1-3H3. The molecular formula is C12H20N2. The molecule has 3 N–H and O–H groups in total. The molecule has 0 heterocycles. The topological polar surface area (TPSA) is 38.0 Å². The predicted molar refractivity (Wildman–Crippen MR) is 62.7 cm³/mol. The van der Waals surface area contributed by atoms with E-state index in [1.54, 1.807) is 0 Å². The summed E-state index contributed by atoms with van der Waals surface area (Å²) in [5.41, 5.74) is 9.64. The normalized spacial score (nSPS) is 12.6. The van der Waals surface area contributed by atoms with E-state index in [2.05, 4.69) is 44.3 Å². The van der Waals surface area contributed by atoms with Gasteiger partial charge in [0.2, 0.25) is 0 Å². The second-order valence-electron chi connectivity index (χ2n) is 3.85. The molecular weight excluding hydrogens is 172 g/mol. The molecule has 1 unspecified atom stereocenters. The van der Waals surface area contributed by atoms with Gasteiger partial charge in [0.15, 0.2) is 0 Å². The zero-order valence-corrected chi connectivity index (χ0v) is 9.30. The van der Waals surface area contributed by atoms with Gasteiger partial charge in [0, 0.05) is 18.3 Å². The quantitative estimate of drug-likeness (QED) is 0.769. The van der Waals surface area contributed by atoms with Crippen molar-refractivity contribution in [2.24, 2.45) is 5.73 Å². The fraction of sp³-hybridized carbons (Fsp3) is 0.500. The van der Waals surface area contributed by atoms with Gasteiger partial charge in [-0.05, 0) is 43.5 Å². The summed E-state index contributed by atoms with van der Waals surface area (Å²) >= 11 is 0. The van der Waals surface area contributed by atoms with Crippen LogP contribution in [0, 0.1) is 13.8 Å². The first-order valence-corrected chi connectivity index (χ1v) is 5.20. The lowest BCUT2D eigenvalue weighted by Gasteiger charge is -2.12. The number of rotatable bonds is 4. The second kappa shape index (κ2) is 5.01. The lowest BCUT2D eigenvalue weighted by molar-refractivity contribution is 0.679. The van der Waals surface area contributed by atoms with Crippen molar-refractivity contribution >= 4 is 5.69 Å². The minimum atomic E-state index is 0.247. The van der Waals surface area contributed by atoms with Crippen molar-refractivity contribution in [3.05, 3.63) is 29.3 Å². The summed E-state index contributed by atoms with van der Waals surface area (Å²) in [5, 5.41) is 3.34. The number of aryl methyl sites for hydroxylation is 2. The average molecular weight is 192 g/mol. The maximum absolute atomic E-state index is 5.83. The number of nitrogens with one attached hydrogen (secondary N) is 1. The van der Waals surface area contributed by atoms with Gasteiger partial charge in [-0.3, -0.25) is 0 Å². The van der Waals surface area contributed by atoms with Gasteiger partial charge >= 0.3 is 0 Å². The zero-order valence-electron chi connectivity index (χ0n) is 9.30. The monoisotopic (exact) mass is 192 g/mol. The number of hydrogen-bond donors (Lipinski definition) is 2. The third kappa shape index (κ3) is 3.04. The van der Waals surface area contributed by atoms with Crippen LogP contribution < -0.4 is 11.1 Å². The van der Waals surface area contributed by atoms with Crippen molar-refractivity contribution in [1.82, 2.24) is 0 Å². The Kier molecular flexibility index (Phi) is 3.96. The predicted octanol–water partition coefficient (Wildman–Crippen LogP) is 2.45. The van der Waals surface area contributed by atoms with Gasteiger partial charge in [0.05, 0.1) is 0 Å². The molecule has 78 valence electrons. The van der Waals surface area contributed by atoms with Crippen LogP contribution in [-0.2, 0) is 0 Å². The summed E-state index contributed by atoms with van der Waals surface area (Å²) in [4.78, 5) is 0. The maximum atomic E-state index is 5.83. The van der Waals surface area contributed by atoms with Gasteiger partial charge in [-0.2, -0.15) is 0 Å².